The van der Waals surface area contributed by atoms with Gasteiger partial charge in [0, 0.05) is 5.41 Å². The summed E-state index contributed by atoms with van der Waals surface area (Å²) in [6.07, 6.45) is 1.29. The summed E-state index contributed by atoms with van der Waals surface area (Å²) in [5, 5.41) is 1.21. The molecule has 0 aliphatic carbocycles. The number of ether oxygens (including phenoxy) is 1. The van der Waals surface area contributed by atoms with Crippen molar-refractivity contribution in [2.24, 2.45) is 0 Å². The van der Waals surface area contributed by atoms with Crippen LogP contribution in [0, 0.1) is 0 Å². The summed E-state index contributed by atoms with van der Waals surface area (Å²) >= 11 is 0. The van der Waals surface area contributed by atoms with E-state index in [0.717, 1.165) is 5.56 Å². The van der Waals surface area contributed by atoms with E-state index in [0.29, 0.717) is 6.61 Å². The monoisotopic (exact) mass is 302 g/mol. The molecular formula is C17H18O3S. The lowest BCUT2D eigenvalue weighted by Crippen LogP contribution is -2.06. The van der Waals surface area contributed by atoms with Crippen LogP contribution in [0.5, 0.6) is 0 Å². The molecule has 0 fully saturated rings. The molecule has 2 rings (SSSR count). The van der Waals surface area contributed by atoms with Gasteiger partial charge in [-0.15, -0.1) is 0 Å². The van der Waals surface area contributed by atoms with E-state index >= 15 is 0 Å². The van der Waals surface area contributed by atoms with Gasteiger partial charge < -0.3 is 4.74 Å². The number of benzene rings is 2. The zero-order chi connectivity index (χ0) is 15.1. The minimum Gasteiger partial charge on any atom is -0.370 e. The molecule has 0 heterocycles. The lowest BCUT2D eigenvalue weighted by Gasteiger charge is -2.08. The van der Waals surface area contributed by atoms with Gasteiger partial charge in [0.05, 0.1) is 17.6 Å². The first kappa shape index (κ1) is 15.5. The molecule has 0 saturated carbocycles. The van der Waals surface area contributed by atoms with Gasteiger partial charge in [-0.05, 0) is 30.7 Å². The zero-order valence-corrected chi connectivity index (χ0v) is 12.7. The minimum atomic E-state index is -3.40. The van der Waals surface area contributed by atoms with Crippen LogP contribution in [0.15, 0.2) is 77.0 Å². The van der Waals surface area contributed by atoms with Crippen molar-refractivity contribution in [2.45, 2.75) is 24.5 Å². The average molecular weight is 302 g/mol. The Hall–Kier alpha value is -1.91. The van der Waals surface area contributed by atoms with E-state index < -0.39 is 9.84 Å². The fraction of sp³-hybridized carbons (Fsp3) is 0.176. The summed E-state index contributed by atoms with van der Waals surface area (Å²) in [5.41, 5.74) is 1.06. The Morgan fingerprint density at radius 3 is 2.19 bits per heavy atom. The summed E-state index contributed by atoms with van der Waals surface area (Å²) in [6.45, 7) is 2.28. The molecule has 0 aliphatic heterocycles. The number of hydrogen-bond acceptors (Lipinski definition) is 3. The van der Waals surface area contributed by atoms with E-state index in [2.05, 4.69) is 0 Å². The molecule has 2 aromatic rings. The van der Waals surface area contributed by atoms with Gasteiger partial charge >= 0.3 is 0 Å². The van der Waals surface area contributed by atoms with Gasteiger partial charge in [0.1, 0.15) is 0 Å². The van der Waals surface area contributed by atoms with Gasteiger partial charge in [-0.25, -0.2) is 8.42 Å². The Morgan fingerprint density at radius 1 is 1.00 bits per heavy atom. The van der Waals surface area contributed by atoms with Crippen molar-refractivity contribution < 1.29 is 13.2 Å². The van der Waals surface area contributed by atoms with Gasteiger partial charge in [0.15, 0.2) is 9.84 Å². The second kappa shape index (κ2) is 7.20. The Bertz CT molecular complexity index is 676. The first-order valence-corrected chi connectivity index (χ1v) is 8.26. The Morgan fingerprint density at radius 2 is 1.57 bits per heavy atom. The lowest BCUT2D eigenvalue weighted by molar-refractivity contribution is 0.0841. The molecule has 0 spiro atoms. The third-order valence-electron chi connectivity index (χ3n) is 2.96. The largest absolute Gasteiger partial charge is 0.370 e. The second-order valence-electron chi connectivity index (χ2n) is 4.69. The van der Waals surface area contributed by atoms with Crippen LogP contribution in [0.3, 0.4) is 0 Å². The van der Waals surface area contributed by atoms with Crippen LogP contribution in [0.4, 0.5) is 0 Å². The van der Waals surface area contributed by atoms with Crippen molar-refractivity contribution >= 4 is 9.84 Å². The molecule has 0 aromatic heterocycles. The zero-order valence-electron chi connectivity index (χ0n) is 11.8. The molecule has 1 atom stereocenters. The highest BCUT2D eigenvalue weighted by Crippen LogP contribution is 2.12. The number of rotatable bonds is 6. The summed E-state index contributed by atoms with van der Waals surface area (Å²) < 4.78 is 29.7. The van der Waals surface area contributed by atoms with Gasteiger partial charge in [0.25, 0.3) is 0 Å². The molecule has 0 N–H and O–H groups in total. The maximum absolute atomic E-state index is 12.1. The molecule has 0 amide bonds. The Labute approximate surface area is 125 Å². The highest BCUT2D eigenvalue weighted by Gasteiger charge is 2.09. The van der Waals surface area contributed by atoms with Crippen molar-refractivity contribution in [3.63, 3.8) is 0 Å². The maximum atomic E-state index is 12.1. The Balaban J connectivity index is 1.94. The molecule has 21 heavy (non-hydrogen) atoms. The molecule has 0 bridgehead atoms. The molecule has 4 heteroatoms. The van der Waals surface area contributed by atoms with Crippen molar-refractivity contribution in [2.75, 3.05) is 0 Å². The summed E-state index contributed by atoms with van der Waals surface area (Å²) in [6, 6.07) is 18.1. The van der Waals surface area contributed by atoms with E-state index in [4.69, 9.17) is 4.74 Å². The van der Waals surface area contributed by atoms with Crippen LogP contribution in [0.25, 0.3) is 0 Å². The van der Waals surface area contributed by atoms with Crippen LogP contribution in [0.2, 0.25) is 0 Å². The fourth-order valence-corrected chi connectivity index (χ4v) is 2.88. The van der Waals surface area contributed by atoms with Crippen molar-refractivity contribution in [3.05, 3.63) is 77.7 Å². The molecule has 0 radical (unpaired) electrons. The predicted molar refractivity (Wildman–Crippen MR) is 83.5 cm³/mol. The van der Waals surface area contributed by atoms with Crippen molar-refractivity contribution in [3.8, 4) is 0 Å². The predicted octanol–water partition coefficient (Wildman–Crippen LogP) is 3.58. The van der Waals surface area contributed by atoms with Gasteiger partial charge in [0.2, 0.25) is 0 Å². The lowest BCUT2D eigenvalue weighted by atomic mass is 10.2. The first-order valence-electron chi connectivity index (χ1n) is 6.72. The van der Waals surface area contributed by atoms with Gasteiger partial charge in [-0.3, -0.25) is 0 Å². The SMILES string of the molecule is C[C@@H](C=CS(=O)(=O)c1ccccc1)OCc1ccccc1. The van der Waals surface area contributed by atoms with E-state index in [1.54, 1.807) is 36.4 Å². The summed E-state index contributed by atoms with van der Waals surface area (Å²) in [5.74, 6) is 0. The minimum absolute atomic E-state index is 0.274. The maximum Gasteiger partial charge on any atom is 0.199 e. The summed E-state index contributed by atoms with van der Waals surface area (Å²) in [4.78, 5) is 0.288. The topological polar surface area (TPSA) is 43.4 Å². The third-order valence-corrected chi connectivity index (χ3v) is 4.40. The standard InChI is InChI=1S/C17H18O3S/c1-15(20-14-16-8-4-2-5-9-16)12-13-21(18,19)17-10-6-3-7-11-17/h2-13,15H,14H2,1H3/t15-/m0/s1. The van der Waals surface area contributed by atoms with E-state index in [1.807, 2.05) is 37.3 Å². The molecule has 3 nitrogen and oxygen atoms in total. The molecule has 0 unspecified atom stereocenters. The molecule has 0 aliphatic rings. The van der Waals surface area contributed by atoms with Crippen LogP contribution < -0.4 is 0 Å². The molecule has 110 valence electrons. The quantitative estimate of drug-likeness (QED) is 0.819. The highest BCUT2D eigenvalue weighted by molar-refractivity contribution is 7.94. The third kappa shape index (κ3) is 4.85. The van der Waals surface area contributed by atoms with Gasteiger partial charge in [-0.2, -0.15) is 0 Å². The van der Waals surface area contributed by atoms with Crippen molar-refractivity contribution in [1.82, 2.24) is 0 Å². The Kier molecular flexibility index (Phi) is 5.31. The van der Waals surface area contributed by atoms with Crippen LogP contribution in [0.1, 0.15) is 12.5 Å². The highest BCUT2D eigenvalue weighted by atomic mass is 32.2. The van der Waals surface area contributed by atoms with Crippen LogP contribution >= 0.6 is 0 Å². The van der Waals surface area contributed by atoms with Crippen LogP contribution in [-0.2, 0) is 21.2 Å². The normalized spacial score (nSPS) is 13.4. The van der Waals surface area contributed by atoms with Crippen molar-refractivity contribution in [1.29, 1.82) is 0 Å². The first-order chi connectivity index (χ1) is 10.1. The number of hydrogen-bond donors (Lipinski definition) is 0. The number of sulfone groups is 1. The smallest absolute Gasteiger partial charge is 0.199 e. The van der Waals surface area contributed by atoms with Crippen LogP contribution in [-0.4, -0.2) is 14.5 Å². The van der Waals surface area contributed by atoms with E-state index in [1.165, 1.54) is 5.41 Å². The second-order valence-corrected chi connectivity index (χ2v) is 6.52. The van der Waals surface area contributed by atoms with E-state index in [-0.39, 0.29) is 11.0 Å². The van der Waals surface area contributed by atoms with E-state index in [9.17, 15) is 8.42 Å². The fourth-order valence-electron chi connectivity index (χ4n) is 1.76. The molecule has 2 aromatic carbocycles. The molecular weight excluding hydrogens is 284 g/mol. The average Bonchev–Trinajstić information content (AvgIpc) is 2.53. The van der Waals surface area contributed by atoms with Gasteiger partial charge in [-0.1, -0.05) is 48.5 Å². The summed E-state index contributed by atoms with van der Waals surface area (Å²) in [7, 11) is -3.40. The molecule has 0 saturated heterocycles.